The normalized spacial score (nSPS) is 11.1. The molecule has 0 aliphatic rings. The van der Waals surface area contributed by atoms with Crippen molar-refractivity contribution >= 4 is 12.0 Å². The molecule has 0 saturated carbocycles. The molecule has 0 N–H and O–H groups in total. The molecule has 1 heterocycles. The summed E-state index contributed by atoms with van der Waals surface area (Å²) >= 11 is 0. The molecule has 0 radical (unpaired) electrons. The van der Waals surface area contributed by atoms with Crippen molar-refractivity contribution in [2.45, 2.75) is 27.3 Å². The lowest BCUT2D eigenvalue weighted by Crippen LogP contribution is -2.13. The fraction of sp³-hybridized carbons (Fsp3) is 0.391. The van der Waals surface area contributed by atoms with Crippen LogP contribution in [0.4, 0.5) is 0 Å². The highest BCUT2D eigenvalue weighted by Crippen LogP contribution is 2.19. The van der Waals surface area contributed by atoms with Crippen LogP contribution >= 0.6 is 0 Å². The van der Waals surface area contributed by atoms with Crippen LogP contribution in [0.2, 0.25) is 0 Å². The second kappa shape index (κ2) is 11.7. The lowest BCUT2D eigenvalue weighted by molar-refractivity contribution is -0.139. The maximum atomic E-state index is 12.3. The van der Waals surface area contributed by atoms with Crippen molar-refractivity contribution in [3.8, 4) is 17.6 Å². The smallest absolute Gasteiger partial charge is 0.349 e. The van der Waals surface area contributed by atoms with Crippen molar-refractivity contribution in [3.63, 3.8) is 0 Å². The Bertz CT molecular complexity index is 907. The Morgan fingerprint density at radius 3 is 2.37 bits per heavy atom. The predicted molar refractivity (Wildman–Crippen MR) is 113 cm³/mol. The summed E-state index contributed by atoms with van der Waals surface area (Å²) in [6.07, 6.45) is 1.56. The van der Waals surface area contributed by atoms with Crippen LogP contribution in [-0.2, 0) is 20.8 Å². The minimum absolute atomic E-state index is 0.0396. The van der Waals surface area contributed by atoms with E-state index in [1.165, 1.54) is 0 Å². The fourth-order valence-electron chi connectivity index (χ4n) is 2.96. The van der Waals surface area contributed by atoms with Gasteiger partial charge in [-0.3, -0.25) is 0 Å². The molecule has 0 amide bonds. The molecule has 7 nitrogen and oxygen atoms in total. The third-order valence-corrected chi connectivity index (χ3v) is 4.49. The number of aromatic nitrogens is 1. The minimum Gasteiger partial charge on any atom is -0.494 e. The first kappa shape index (κ1) is 23.0. The summed E-state index contributed by atoms with van der Waals surface area (Å²) in [5.74, 6) is 0.741. The SMILES string of the molecule is CCOc1ccc(OCCOC(=O)/C(C#N)=C/c2cc(C)n(CCOC)c2C)cc1. The molecule has 0 unspecified atom stereocenters. The molecule has 0 saturated heterocycles. The third kappa shape index (κ3) is 6.39. The number of hydrogen-bond acceptors (Lipinski definition) is 6. The Hall–Kier alpha value is -3.24. The van der Waals surface area contributed by atoms with Gasteiger partial charge in [0, 0.05) is 25.0 Å². The van der Waals surface area contributed by atoms with Gasteiger partial charge in [0.05, 0.1) is 13.2 Å². The van der Waals surface area contributed by atoms with E-state index in [9.17, 15) is 10.1 Å². The van der Waals surface area contributed by atoms with Gasteiger partial charge in [-0.2, -0.15) is 5.26 Å². The number of carbonyl (C=O) groups excluding carboxylic acids is 1. The third-order valence-electron chi connectivity index (χ3n) is 4.49. The highest BCUT2D eigenvalue weighted by Gasteiger charge is 2.14. The first-order valence-electron chi connectivity index (χ1n) is 9.80. The Morgan fingerprint density at radius 2 is 1.77 bits per heavy atom. The van der Waals surface area contributed by atoms with Gasteiger partial charge in [-0.15, -0.1) is 0 Å². The van der Waals surface area contributed by atoms with Gasteiger partial charge in [-0.25, -0.2) is 4.79 Å². The standard InChI is InChI=1S/C23H28N2O5/c1-5-28-21-6-8-22(9-7-21)29-12-13-30-23(26)20(16-24)15-19-14-17(2)25(18(19)3)10-11-27-4/h6-9,14-15H,5,10-13H2,1-4H3/b20-15+. The summed E-state index contributed by atoms with van der Waals surface area (Å²) in [5, 5.41) is 9.38. The average molecular weight is 412 g/mol. The summed E-state index contributed by atoms with van der Waals surface area (Å²) in [6.45, 7) is 7.95. The largest absolute Gasteiger partial charge is 0.494 e. The van der Waals surface area contributed by atoms with Crippen LogP contribution in [-0.4, -0.2) is 44.1 Å². The molecule has 2 rings (SSSR count). The lowest BCUT2D eigenvalue weighted by Gasteiger charge is -2.09. The Morgan fingerprint density at radius 1 is 1.10 bits per heavy atom. The maximum Gasteiger partial charge on any atom is 0.349 e. The first-order valence-corrected chi connectivity index (χ1v) is 9.80. The molecule has 30 heavy (non-hydrogen) atoms. The van der Waals surface area contributed by atoms with Gasteiger partial charge in [0.15, 0.2) is 0 Å². The van der Waals surface area contributed by atoms with Crippen LogP contribution in [0.1, 0.15) is 23.9 Å². The zero-order valence-electron chi connectivity index (χ0n) is 17.9. The van der Waals surface area contributed by atoms with E-state index in [4.69, 9.17) is 18.9 Å². The number of aryl methyl sites for hydroxylation is 1. The molecule has 1 aromatic heterocycles. The zero-order valence-corrected chi connectivity index (χ0v) is 17.9. The van der Waals surface area contributed by atoms with E-state index in [0.717, 1.165) is 22.7 Å². The number of nitriles is 1. The quantitative estimate of drug-likeness (QED) is 0.242. The molecular formula is C23H28N2O5. The van der Waals surface area contributed by atoms with E-state index in [-0.39, 0.29) is 18.8 Å². The van der Waals surface area contributed by atoms with E-state index in [0.29, 0.717) is 25.5 Å². The fourth-order valence-corrected chi connectivity index (χ4v) is 2.96. The number of benzene rings is 1. The number of carbonyl (C=O) groups is 1. The molecule has 0 aliphatic heterocycles. The van der Waals surface area contributed by atoms with Crippen LogP contribution in [0.25, 0.3) is 6.08 Å². The number of nitrogens with zero attached hydrogens (tertiary/aromatic N) is 2. The van der Waals surface area contributed by atoms with Crippen molar-refractivity contribution in [3.05, 3.63) is 52.9 Å². The molecule has 2 aromatic rings. The average Bonchev–Trinajstić information content (AvgIpc) is 3.01. The highest BCUT2D eigenvalue weighted by atomic mass is 16.6. The van der Waals surface area contributed by atoms with Crippen molar-refractivity contribution in [1.29, 1.82) is 5.26 Å². The van der Waals surface area contributed by atoms with Crippen molar-refractivity contribution in [2.75, 3.05) is 33.5 Å². The van der Waals surface area contributed by atoms with Gasteiger partial charge in [0.25, 0.3) is 0 Å². The first-order chi connectivity index (χ1) is 14.5. The lowest BCUT2D eigenvalue weighted by atomic mass is 10.1. The van der Waals surface area contributed by atoms with E-state index < -0.39 is 5.97 Å². The predicted octanol–water partition coefficient (Wildman–Crippen LogP) is 3.68. The maximum absolute atomic E-state index is 12.3. The summed E-state index contributed by atoms with van der Waals surface area (Å²) in [4.78, 5) is 12.3. The number of esters is 1. The summed E-state index contributed by atoms with van der Waals surface area (Å²) in [6, 6.07) is 11.0. The van der Waals surface area contributed by atoms with Crippen LogP contribution in [0.5, 0.6) is 11.5 Å². The van der Waals surface area contributed by atoms with Crippen molar-refractivity contribution in [1.82, 2.24) is 4.57 Å². The summed E-state index contributed by atoms with van der Waals surface area (Å²) in [5.41, 5.74) is 2.75. The molecular weight excluding hydrogens is 384 g/mol. The summed E-state index contributed by atoms with van der Waals surface area (Å²) < 4.78 is 23.3. The monoisotopic (exact) mass is 412 g/mol. The van der Waals surface area contributed by atoms with Crippen molar-refractivity contribution < 1.29 is 23.7 Å². The molecule has 0 bridgehead atoms. The second-order valence-corrected chi connectivity index (χ2v) is 6.53. The second-order valence-electron chi connectivity index (χ2n) is 6.53. The number of ether oxygens (including phenoxy) is 4. The zero-order chi connectivity index (χ0) is 21.9. The van der Waals surface area contributed by atoms with Gasteiger partial charge in [0.1, 0.15) is 36.4 Å². The Kier molecular flexibility index (Phi) is 8.98. The molecule has 160 valence electrons. The molecule has 1 aromatic carbocycles. The van der Waals surface area contributed by atoms with Crippen LogP contribution < -0.4 is 9.47 Å². The molecule has 0 aliphatic carbocycles. The summed E-state index contributed by atoms with van der Waals surface area (Å²) in [7, 11) is 1.65. The van der Waals surface area contributed by atoms with Crippen molar-refractivity contribution in [2.24, 2.45) is 0 Å². The van der Waals surface area contributed by atoms with Gasteiger partial charge in [-0.1, -0.05) is 0 Å². The van der Waals surface area contributed by atoms with Crippen LogP contribution in [0.15, 0.2) is 35.9 Å². The topological polar surface area (TPSA) is 82.7 Å². The molecule has 0 fully saturated rings. The van der Waals surface area contributed by atoms with E-state index in [1.54, 1.807) is 25.3 Å². The molecule has 0 spiro atoms. The van der Waals surface area contributed by atoms with E-state index in [1.807, 2.05) is 45.0 Å². The molecule has 7 heteroatoms. The minimum atomic E-state index is -0.672. The van der Waals surface area contributed by atoms with E-state index >= 15 is 0 Å². The number of hydrogen-bond donors (Lipinski definition) is 0. The van der Waals surface area contributed by atoms with Gasteiger partial charge >= 0.3 is 5.97 Å². The Labute approximate surface area is 177 Å². The van der Waals surface area contributed by atoms with Gasteiger partial charge in [-0.05, 0) is 62.7 Å². The highest BCUT2D eigenvalue weighted by molar-refractivity contribution is 5.98. The van der Waals surface area contributed by atoms with E-state index in [2.05, 4.69) is 4.57 Å². The van der Waals surface area contributed by atoms with Gasteiger partial charge in [0.2, 0.25) is 0 Å². The molecule has 0 atom stereocenters. The Balaban J connectivity index is 1.91. The number of rotatable bonds is 11. The van der Waals surface area contributed by atoms with Crippen LogP contribution in [0, 0.1) is 25.2 Å². The van der Waals surface area contributed by atoms with Gasteiger partial charge < -0.3 is 23.5 Å². The number of methoxy groups -OCH3 is 1. The van der Waals surface area contributed by atoms with Crippen LogP contribution in [0.3, 0.4) is 0 Å².